The van der Waals surface area contributed by atoms with Gasteiger partial charge in [-0.05, 0) is 24.3 Å². The number of rotatable bonds is 6. The van der Waals surface area contributed by atoms with Gasteiger partial charge in [-0.25, -0.2) is 0 Å². The molecule has 20 heavy (non-hydrogen) atoms. The lowest BCUT2D eigenvalue weighted by atomic mass is 10.3. The van der Waals surface area contributed by atoms with E-state index >= 15 is 0 Å². The molecule has 0 heterocycles. The van der Waals surface area contributed by atoms with Crippen LogP contribution in [0.3, 0.4) is 0 Å². The van der Waals surface area contributed by atoms with Crippen LogP contribution in [0.2, 0.25) is 0 Å². The molecule has 0 saturated heterocycles. The van der Waals surface area contributed by atoms with Crippen molar-refractivity contribution < 1.29 is 4.79 Å². The Labute approximate surface area is 127 Å². The number of hydrogen-bond acceptors (Lipinski definition) is 2. The molecular weight excluding hydrogens is 320 g/mol. The first kappa shape index (κ1) is 16.2. The van der Waals surface area contributed by atoms with E-state index in [1.165, 1.54) is 0 Å². The van der Waals surface area contributed by atoms with Gasteiger partial charge in [-0.1, -0.05) is 22.0 Å². The van der Waals surface area contributed by atoms with Crippen molar-refractivity contribution in [2.45, 2.75) is 6.42 Å². The summed E-state index contributed by atoms with van der Waals surface area (Å²) < 4.78 is 0.981. The Kier molecular flexibility index (Phi) is 7.42. The topological polar surface area (TPSA) is 65.5 Å². The van der Waals surface area contributed by atoms with Crippen molar-refractivity contribution in [2.75, 3.05) is 25.5 Å². The average Bonchev–Trinajstić information content (AvgIpc) is 2.45. The number of aliphatic imine (C=N–C) groups is 1. The molecule has 1 amide bonds. The third-order valence-corrected chi connectivity index (χ3v) is 2.94. The van der Waals surface area contributed by atoms with Crippen LogP contribution < -0.4 is 16.0 Å². The van der Waals surface area contributed by atoms with Crippen LogP contribution in [-0.2, 0) is 4.79 Å². The zero-order chi connectivity index (χ0) is 14.8. The summed E-state index contributed by atoms with van der Waals surface area (Å²) in [5.74, 6) is 0.611. The molecule has 0 unspecified atom stereocenters. The number of carbonyl (C=O) groups is 1. The van der Waals surface area contributed by atoms with E-state index in [0.29, 0.717) is 25.5 Å². The van der Waals surface area contributed by atoms with Crippen molar-refractivity contribution in [3.8, 4) is 0 Å². The minimum absolute atomic E-state index is 0.0426. The van der Waals surface area contributed by atoms with Gasteiger partial charge >= 0.3 is 0 Å². The number of hydrogen-bond donors (Lipinski definition) is 3. The van der Waals surface area contributed by atoms with Gasteiger partial charge in [0.25, 0.3) is 0 Å². The standard InChI is InChI=1S/C14H19BrN4O/c1-3-9-17-14(16-2)18-10-8-13(20)19-12-6-4-11(15)5-7-12/h3-7H,1,8-10H2,2H3,(H,19,20)(H2,16,17,18). The Morgan fingerprint density at radius 1 is 1.35 bits per heavy atom. The Morgan fingerprint density at radius 2 is 2.05 bits per heavy atom. The van der Waals surface area contributed by atoms with E-state index < -0.39 is 0 Å². The van der Waals surface area contributed by atoms with Crippen LogP contribution in [-0.4, -0.2) is 32.0 Å². The van der Waals surface area contributed by atoms with Gasteiger partial charge in [0, 0.05) is 36.7 Å². The molecule has 1 aromatic rings. The number of carbonyl (C=O) groups excluding carboxylic acids is 1. The number of nitrogens with zero attached hydrogens (tertiary/aromatic N) is 1. The molecule has 108 valence electrons. The van der Waals surface area contributed by atoms with Crippen molar-refractivity contribution in [1.82, 2.24) is 10.6 Å². The molecule has 3 N–H and O–H groups in total. The maximum absolute atomic E-state index is 11.7. The van der Waals surface area contributed by atoms with E-state index in [0.717, 1.165) is 10.2 Å². The van der Waals surface area contributed by atoms with Gasteiger partial charge in [-0.2, -0.15) is 0 Å². The smallest absolute Gasteiger partial charge is 0.226 e. The Balaban J connectivity index is 2.29. The molecule has 5 nitrogen and oxygen atoms in total. The molecule has 0 aliphatic heterocycles. The number of anilines is 1. The second kappa shape index (κ2) is 9.14. The first-order valence-electron chi connectivity index (χ1n) is 6.26. The normalized spacial score (nSPS) is 10.8. The lowest BCUT2D eigenvalue weighted by Crippen LogP contribution is -2.38. The van der Waals surface area contributed by atoms with E-state index in [9.17, 15) is 4.79 Å². The molecule has 0 aromatic heterocycles. The van der Waals surface area contributed by atoms with Crippen molar-refractivity contribution in [1.29, 1.82) is 0 Å². The highest BCUT2D eigenvalue weighted by molar-refractivity contribution is 9.10. The minimum Gasteiger partial charge on any atom is -0.356 e. The van der Waals surface area contributed by atoms with Crippen LogP contribution >= 0.6 is 15.9 Å². The highest BCUT2D eigenvalue weighted by Gasteiger charge is 2.03. The Bertz CT molecular complexity index is 471. The second-order valence-electron chi connectivity index (χ2n) is 3.97. The first-order chi connectivity index (χ1) is 9.65. The quantitative estimate of drug-likeness (QED) is 0.423. The summed E-state index contributed by atoms with van der Waals surface area (Å²) in [5, 5.41) is 8.91. The predicted octanol–water partition coefficient (Wildman–Crippen LogP) is 2.13. The number of guanidine groups is 1. The second-order valence-corrected chi connectivity index (χ2v) is 4.89. The molecule has 0 aliphatic rings. The number of amides is 1. The minimum atomic E-state index is -0.0426. The Morgan fingerprint density at radius 3 is 2.65 bits per heavy atom. The maximum atomic E-state index is 11.7. The van der Waals surface area contributed by atoms with Crippen molar-refractivity contribution in [3.63, 3.8) is 0 Å². The summed E-state index contributed by atoms with van der Waals surface area (Å²) in [7, 11) is 1.68. The first-order valence-corrected chi connectivity index (χ1v) is 7.06. The SMILES string of the molecule is C=CCNC(=NC)NCCC(=O)Nc1ccc(Br)cc1. The molecule has 0 fully saturated rings. The zero-order valence-corrected chi connectivity index (χ0v) is 13.0. The average molecular weight is 339 g/mol. The van der Waals surface area contributed by atoms with Crippen LogP contribution in [0.1, 0.15) is 6.42 Å². The van der Waals surface area contributed by atoms with Crippen LogP contribution in [0.15, 0.2) is 46.4 Å². The fourth-order valence-corrected chi connectivity index (χ4v) is 1.70. The number of benzene rings is 1. The summed E-state index contributed by atoms with van der Waals surface area (Å²) in [6, 6.07) is 7.46. The lowest BCUT2D eigenvalue weighted by Gasteiger charge is -2.10. The van der Waals surface area contributed by atoms with Gasteiger partial charge in [-0.15, -0.1) is 6.58 Å². The van der Waals surface area contributed by atoms with Crippen molar-refractivity contribution in [2.24, 2.45) is 4.99 Å². The summed E-state index contributed by atoms with van der Waals surface area (Å²) >= 11 is 3.35. The van der Waals surface area contributed by atoms with Gasteiger partial charge in [0.15, 0.2) is 5.96 Å². The van der Waals surface area contributed by atoms with Crippen LogP contribution in [0.5, 0.6) is 0 Å². The highest BCUT2D eigenvalue weighted by atomic mass is 79.9. The molecule has 6 heteroatoms. The fourth-order valence-electron chi connectivity index (χ4n) is 1.44. The highest BCUT2D eigenvalue weighted by Crippen LogP contribution is 2.14. The lowest BCUT2D eigenvalue weighted by molar-refractivity contribution is -0.116. The summed E-state index contributed by atoms with van der Waals surface area (Å²) in [6.07, 6.45) is 2.11. The molecule has 0 radical (unpaired) electrons. The van der Waals surface area contributed by atoms with E-state index in [1.807, 2.05) is 24.3 Å². The molecular formula is C14H19BrN4O. The number of halogens is 1. The summed E-state index contributed by atoms with van der Waals surface area (Å²) in [5.41, 5.74) is 0.785. The van der Waals surface area contributed by atoms with E-state index in [4.69, 9.17) is 0 Å². The van der Waals surface area contributed by atoms with Gasteiger partial charge in [0.05, 0.1) is 0 Å². The Hall–Kier alpha value is -1.82. The van der Waals surface area contributed by atoms with Crippen LogP contribution in [0, 0.1) is 0 Å². The largest absolute Gasteiger partial charge is 0.356 e. The maximum Gasteiger partial charge on any atom is 0.226 e. The molecule has 1 rings (SSSR count). The molecule has 0 bridgehead atoms. The van der Waals surface area contributed by atoms with Gasteiger partial charge in [0.2, 0.25) is 5.91 Å². The third-order valence-electron chi connectivity index (χ3n) is 2.41. The van der Waals surface area contributed by atoms with Crippen molar-refractivity contribution in [3.05, 3.63) is 41.4 Å². The van der Waals surface area contributed by atoms with E-state index in [1.54, 1.807) is 13.1 Å². The molecule has 0 saturated carbocycles. The molecule has 1 aromatic carbocycles. The van der Waals surface area contributed by atoms with E-state index in [-0.39, 0.29) is 5.91 Å². The van der Waals surface area contributed by atoms with Gasteiger partial charge in [-0.3, -0.25) is 9.79 Å². The summed E-state index contributed by atoms with van der Waals surface area (Å²) in [4.78, 5) is 15.8. The zero-order valence-electron chi connectivity index (χ0n) is 11.4. The van der Waals surface area contributed by atoms with Gasteiger partial charge < -0.3 is 16.0 Å². The van der Waals surface area contributed by atoms with Gasteiger partial charge in [0.1, 0.15) is 0 Å². The van der Waals surface area contributed by atoms with E-state index in [2.05, 4.69) is 43.5 Å². The monoisotopic (exact) mass is 338 g/mol. The number of nitrogens with one attached hydrogen (secondary N) is 3. The van der Waals surface area contributed by atoms with Crippen LogP contribution in [0.4, 0.5) is 5.69 Å². The van der Waals surface area contributed by atoms with Crippen molar-refractivity contribution >= 4 is 33.5 Å². The summed E-state index contributed by atoms with van der Waals surface area (Å²) in [6.45, 7) is 4.76. The predicted molar refractivity (Wildman–Crippen MR) is 87.0 cm³/mol. The third kappa shape index (κ3) is 6.38. The fraction of sp³-hybridized carbons (Fsp3) is 0.286. The molecule has 0 aliphatic carbocycles. The molecule has 0 spiro atoms. The molecule has 0 atom stereocenters. The van der Waals surface area contributed by atoms with Crippen LogP contribution in [0.25, 0.3) is 0 Å².